The molecule has 2 aromatic carbocycles. The standard InChI is InChI=1S/C19H23NO3/c1-14(19(22)15-7-4-3-5-8-15)20-12-11-18(21)16-9-6-10-17(13-16)23-2/h3-10,13-14,19-20,22H,11-12H2,1-2H3/t14-,19+/m0/s1. The Bertz CT molecular complexity index is 628. The minimum Gasteiger partial charge on any atom is -0.497 e. The maximum absolute atomic E-state index is 12.2. The van der Waals surface area contributed by atoms with E-state index in [4.69, 9.17) is 4.74 Å². The van der Waals surface area contributed by atoms with E-state index in [1.54, 1.807) is 25.3 Å². The van der Waals surface area contributed by atoms with Crippen LogP contribution in [-0.4, -0.2) is 30.6 Å². The van der Waals surface area contributed by atoms with Crippen molar-refractivity contribution in [1.82, 2.24) is 5.32 Å². The smallest absolute Gasteiger partial charge is 0.164 e. The van der Waals surface area contributed by atoms with Gasteiger partial charge < -0.3 is 15.2 Å². The summed E-state index contributed by atoms with van der Waals surface area (Å²) < 4.78 is 5.13. The first-order valence-electron chi connectivity index (χ1n) is 7.75. The van der Waals surface area contributed by atoms with Crippen LogP contribution in [0.3, 0.4) is 0 Å². The molecule has 2 aromatic rings. The molecular weight excluding hydrogens is 290 g/mol. The average molecular weight is 313 g/mol. The van der Waals surface area contributed by atoms with E-state index in [9.17, 15) is 9.90 Å². The average Bonchev–Trinajstić information content (AvgIpc) is 2.61. The lowest BCUT2D eigenvalue weighted by atomic mass is 10.0. The summed E-state index contributed by atoms with van der Waals surface area (Å²) in [5, 5.41) is 13.5. The number of hydrogen-bond donors (Lipinski definition) is 2. The van der Waals surface area contributed by atoms with Gasteiger partial charge in [0.15, 0.2) is 5.78 Å². The Morgan fingerprint density at radius 3 is 2.61 bits per heavy atom. The van der Waals surface area contributed by atoms with Gasteiger partial charge in [0.1, 0.15) is 5.75 Å². The second-order valence-corrected chi connectivity index (χ2v) is 5.50. The summed E-state index contributed by atoms with van der Waals surface area (Å²) in [6.45, 7) is 2.43. The van der Waals surface area contributed by atoms with Crippen LogP contribution >= 0.6 is 0 Å². The van der Waals surface area contributed by atoms with Crippen molar-refractivity contribution in [2.75, 3.05) is 13.7 Å². The van der Waals surface area contributed by atoms with Crippen LogP contribution in [0.5, 0.6) is 5.75 Å². The molecule has 0 aliphatic heterocycles. The van der Waals surface area contributed by atoms with Crippen LogP contribution in [0.25, 0.3) is 0 Å². The molecule has 4 nitrogen and oxygen atoms in total. The summed E-state index contributed by atoms with van der Waals surface area (Å²) in [7, 11) is 1.58. The maximum atomic E-state index is 12.2. The van der Waals surface area contributed by atoms with Crippen molar-refractivity contribution in [3.8, 4) is 5.75 Å². The number of ketones is 1. The molecule has 4 heteroatoms. The zero-order chi connectivity index (χ0) is 16.7. The molecular formula is C19H23NO3. The van der Waals surface area contributed by atoms with Gasteiger partial charge in [0.25, 0.3) is 0 Å². The number of ether oxygens (including phenoxy) is 1. The van der Waals surface area contributed by atoms with Gasteiger partial charge in [-0.2, -0.15) is 0 Å². The minimum absolute atomic E-state index is 0.0535. The van der Waals surface area contributed by atoms with E-state index >= 15 is 0 Å². The highest BCUT2D eigenvalue weighted by Gasteiger charge is 2.16. The first-order chi connectivity index (χ1) is 11.1. The zero-order valence-electron chi connectivity index (χ0n) is 13.5. The van der Waals surface area contributed by atoms with E-state index in [1.165, 1.54) is 0 Å². The van der Waals surface area contributed by atoms with Gasteiger partial charge in [0.2, 0.25) is 0 Å². The SMILES string of the molecule is COc1cccc(C(=O)CCN[C@@H](C)[C@@H](O)c2ccccc2)c1. The summed E-state index contributed by atoms with van der Waals surface area (Å²) in [5.41, 5.74) is 1.51. The second kappa shape index (κ2) is 8.46. The lowest BCUT2D eigenvalue weighted by molar-refractivity contribution is 0.0972. The number of carbonyl (C=O) groups excluding carboxylic acids is 1. The lowest BCUT2D eigenvalue weighted by Crippen LogP contribution is -2.33. The van der Waals surface area contributed by atoms with Crippen LogP contribution in [0.2, 0.25) is 0 Å². The van der Waals surface area contributed by atoms with Gasteiger partial charge in [-0.15, -0.1) is 0 Å². The first kappa shape index (κ1) is 17.2. The quantitative estimate of drug-likeness (QED) is 0.736. The molecule has 122 valence electrons. The monoisotopic (exact) mass is 313 g/mol. The molecule has 2 atom stereocenters. The Morgan fingerprint density at radius 2 is 1.91 bits per heavy atom. The van der Waals surface area contributed by atoms with E-state index in [1.807, 2.05) is 43.3 Å². The normalized spacial score (nSPS) is 13.3. The van der Waals surface area contributed by atoms with Crippen molar-refractivity contribution in [2.24, 2.45) is 0 Å². The summed E-state index contributed by atoms with van der Waals surface area (Å²) in [5.74, 6) is 0.731. The molecule has 0 fully saturated rings. The number of aliphatic hydroxyl groups excluding tert-OH is 1. The number of benzene rings is 2. The molecule has 0 aliphatic rings. The molecule has 0 bridgehead atoms. The number of Topliss-reactive ketones (excluding diaryl/α,β-unsaturated/α-hetero) is 1. The predicted molar refractivity (Wildman–Crippen MR) is 90.8 cm³/mol. The molecule has 0 aliphatic carbocycles. The largest absolute Gasteiger partial charge is 0.497 e. The Morgan fingerprint density at radius 1 is 1.17 bits per heavy atom. The first-order valence-corrected chi connectivity index (χ1v) is 7.75. The van der Waals surface area contributed by atoms with Crippen LogP contribution in [0, 0.1) is 0 Å². The number of rotatable bonds is 8. The van der Waals surface area contributed by atoms with Gasteiger partial charge in [0, 0.05) is 24.6 Å². The summed E-state index contributed by atoms with van der Waals surface area (Å²) in [6, 6.07) is 16.5. The molecule has 0 amide bonds. The number of hydrogen-bond acceptors (Lipinski definition) is 4. The van der Waals surface area contributed by atoms with E-state index in [0.29, 0.717) is 24.3 Å². The van der Waals surface area contributed by atoms with Crippen LogP contribution in [0.15, 0.2) is 54.6 Å². The molecule has 2 N–H and O–H groups in total. The Kier molecular flexibility index (Phi) is 6.32. The Hall–Kier alpha value is -2.17. The van der Waals surface area contributed by atoms with Crippen LogP contribution in [-0.2, 0) is 0 Å². The molecule has 0 radical (unpaired) electrons. The van der Waals surface area contributed by atoms with Crippen molar-refractivity contribution in [1.29, 1.82) is 0 Å². The van der Waals surface area contributed by atoms with Crippen LogP contribution in [0.4, 0.5) is 0 Å². The maximum Gasteiger partial charge on any atom is 0.164 e. The molecule has 2 rings (SSSR count). The van der Waals surface area contributed by atoms with E-state index < -0.39 is 6.10 Å². The fourth-order valence-electron chi connectivity index (χ4n) is 2.40. The Balaban J connectivity index is 1.83. The fourth-order valence-corrected chi connectivity index (χ4v) is 2.40. The molecule has 0 heterocycles. The van der Waals surface area contributed by atoms with Gasteiger partial charge in [-0.25, -0.2) is 0 Å². The minimum atomic E-state index is -0.594. The van der Waals surface area contributed by atoms with Gasteiger partial charge in [0.05, 0.1) is 13.2 Å². The van der Waals surface area contributed by atoms with Gasteiger partial charge in [-0.3, -0.25) is 4.79 Å². The fraction of sp³-hybridized carbons (Fsp3) is 0.316. The van der Waals surface area contributed by atoms with Crippen LogP contribution < -0.4 is 10.1 Å². The topological polar surface area (TPSA) is 58.6 Å². The summed E-state index contributed by atoms with van der Waals surface area (Å²) in [6.07, 6.45) is -0.220. The lowest BCUT2D eigenvalue weighted by Gasteiger charge is -2.20. The van der Waals surface area contributed by atoms with E-state index in [-0.39, 0.29) is 11.8 Å². The highest BCUT2D eigenvalue weighted by atomic mass is 16.5. The Labute approximate surface area is 137 Å². The third-order valence-corrected chi connectivity index (χ3v) is 3.82. The summed E-state index contributed by atoms with van der Waals surface area (Å²) >= 11 is 0. The summed E-state index contributed by atoms with van der Waals surface area (Å²) in [4.78, 5) is 12.2. The van der Waals surface area contributed by atoms with Gasteiger partial charge in [-0.05, 0) is 24.6 Å². The highest BCUT2D eigenvalue weighted by molar-refractivity contribution is 5.96. The third kappa shape index (κ3) is 4.91. The number of aliphatic hydroxyl groups is 1. The highest BCUT2D eigenvalue weighted by Crippen LogP contribution is 2.16. The predicted octanol–water partition coefficient (Wildman–Crippen LogP) is 2.98. The van der Waals surface area contributed by atoms with E-state index in [0.717, 1.165) is 5.56 Å². The second-order valence-electron chi connectivity index (χ2n) is 5.50. The zero-order valence-corrected chi connectivity index (χ0v) is 13.5. The van der Waals surface area contributed by atoms with Gasteiger partial charge >= 0.3 is 0 Å². The van der Waals surface area contributed by atoms with Crippen molar-refractivity contribution in [3.05, 3.63) is 65.7 Å². The molecule has 0 unspecified atom stereocenters. The molecule has 0 aromatic heterocycles. The van der Waals surface area contributed by atoms with Crippen molar-refractivity contribution in [2.45, 2.75) is 25.5 Å². The molecule has 0 saturated carbocycles. The van der Waals surface area contributed by atoms with Crippen LogP contribution in [0.1, 0.15) is 35.4 Å². The molecule has 0 spiro atoms. The van der Waals surface area contributed by atoms with Crippen molar-refractivity contribution in [3.63, 3.8) is 0 Å². The number of nitrogens with one attached hydrogen (secondary N) is 1. The molecule has 0 saturated heterocycles. The van der Waals surface area contributed by atoms with E-state index in [2.05, 4.69) is 5.32 Å². The molecule has 23 heavy (non-hydrogen) atoms. The van der Waals surface area contributed by atoms with Gasteiger partial charge in [-0.1, -0.05) is 42.5 Å². The van der Waals surface area contributed by atoms with Crippen molar-refractivity contribution < 1.29 is 14.6 Å². The number of carbonyl (C=O) groups is 1. The van der Waals surface area contributed by atoms with Crippen molar-refractivity contribution >= 4 is 5.78 Å². The third-order valence-electron chi connectivity index (χ3n) is 3.82. The number of methoxy groups -OCH3 is 1.